The second-order valence-corrected chi connectivity index (χ2v) is 21.9. The Morgan fingerprint density at radius 1 is 1.06 bits per heavy atom. The van der Waals surface area contributed by atoms with Crippen LogP contribution in [-0.2, 0) is 48.6 Å². The minimum Gasteiger partial charge on any atom is -0.464 e. The molecular formula is C52H69N9O6S. The van der Waals surface area contributed by atoms with Crippen molar-refractivity contribution in [2.24, 2.45) is 24.3 Å². The van der Waals surface area contributed by atoms with Gasteiger partial charge in [-0.2, -0.15) is 0 Å². The summed E-state index contributed by atoms with van der Waals surface area (Å²) in [4.78, 5) is 85.2. The lowest BCUT2D eigenvalue weighted by molar-refractivity contribution is -0.155. The van der Waals surface area contributed by atoms with Gasteiger partial charge in [0.2, 0.25) is 11.8 Å². The van der Waals surface area contributed by atoms with Crippen LogP contribution in [0.5, 0.6) is 0 Å². The number of likely N-dealkylation sites (tertiary alicyclic amines) is 1. The Morgan fingerprint density at radius 3 is 2.51 bits per heavy atom. The highest BCUT2D eigenvalue weighted by molar-refractivity contribution is 7.10. The zero-order valence-electron chi connectivity index (χ0n) is 41.9. The van der Waals surface area contributed by atoms with Gasteiger partial charge in [-0.15, -0.1) is 11.3 Å². The van der Waals surface area contributed by atoms with Crippen LogP contribution in [0.25, 0.3) is 33.4 Å². The first kappa shape index (κ1) is 50.3. The number of nitrogens with zero attached hydrogens (tertiary/aromatic N) is 7. The number of thiazole rings is 1. The lowest BCUT2D eigenvalue weighted by Crippen LogP contribution is -2.62. The summed E-state index contributed by atoms with van der Waals surface area (Å²) >= 11 is 1.41. The molecule has 0 aliphatic carbocycles. The Kier molecular flexibility index (Phi) is 14.9. The van der Waals surface area contributed by atoms with E-state index >= 15 is 0 Å². The van der Waals surface area contributed by atoms with Gasteiger partial charge in [-0.3, -0.25) is 38.9 Å². The van der Waals surface area contributed by atoms with E-state index in [9.17, 15) is 24.0 Å². The summed E-state index contributed by atoms with van der Waals surface area (Å²) in [5.74, 6) is 3.19. The number of ether oxygens (including phenoxy) is 1. The van der Waals surface area contributed by atoms with E-state index in [1.165, 1.54) is 21.2 Å². The van der Waals surface area contributed by atoms with Crippen molar-refractivity contribution < 1.29 is 28.7 Å². The molecular weight excluding hydrogens is 879 g/mol. The fourth-order valence-corrected chi connectivity index (χ4v) is 10.4. The van der Waals surface area contributed by atoms with Crippen LogP contribution < -0.4 is 10.7 Å². The molecule has 1 aromatic carbocycles. The van der Waals surface area contributed by atoms with Gasteiger partial charge in [-0.1, -0.05) is 53.5 Å². The fraction of sp³-hybridized carbons (Fsp3) is 0.558. The predicted molar refractivity (Wildman–Crippen MR) is 265 cm³/mol. The Morgan fingerprint density at radius 2 is 1.81 bits per heavy atom. The number of likely N-dealkylation sites (N-methyl/N-ethyl adjacent to an activating group) is 1. The number of nitrogens with one attached hydrogen (secondary N) is 2. The van der Waals surface area contributed by atoms with Crippen LogP contribution in [0.3, 0.4) is 0 Å². The van der Waals surface area contributed by atoms with Crippen LogP contribution in [0.1, 0.15) is 96.8 Å². The van der Waals surface area contributed by atoms with E-state index in [0.717, 1.165) is 44.7 Å². The summed E-state index contributed by atoms with van der Waals surface area (Å²) in [6, 6.07) is 7.67. The van der Waals surface area contributed by atoms with Crippen molar-refractivity contribution in [1.82, 2.24) is 45.0 Å². The number of benzene rings is 1. The molecule has 364 valence electrons. The van der Waals surface area contributed by atoms with Crippen LogP contribution in [0.15, 0.2) is 41.9 Å². The summed E-state index contributed by atoms with van der Waals surface area (Å²) < 4.78 is 8.33. The fourth-order valence-electron chi connectivity index (χ4n) is 9.54. The van der Waals surface area contributed by atoms with Crippen molar-refractivity contribution in [1.29, 1.82) is 0 Å². The quantitative estimate of drug-likeness (QED) is 0.163. The van der Waals surface area contributed by atoms with Crippen molar-refractivity contribution in [2.45, 2.75) is 117 Å². The van der Waals surface area contributed by atoms with Crippen LogP contribution in [0.2, 0.25) is 0 Å². The third-order valence-electron chi connectivity index (χ3n) is 13.9. The van der Waals surface area contributed by atoms with Gasteiger partial charge in [0.1, 0.15) is 18.1 Å². The molecule has 2 saturated heterocycles. The Hall–Kier alpha value is -5.63. The molecule has 6 bridgehead atoms. The Labute approximate surface area is 405 Å². The number of aromatic nitrogens is 3. The number of amides is 4. The van der Waals surface area contributed by atoms with E-state index in [2.05, 4.69) is 86.2 Å². The number of rotatable bonds is 8. The maximum absolute atomic E-state index is 14.7. The van der Waals surface area contributed by atoms with E-state index < -0.39 is 52.8 Å². The number of cyclic esters (lactones) is 1. The molecule has 0 unspecified atom stereocenters. The average Bonchev–Trinajstić information content (AvgIpc) is 4.05. The number of carbonyl (C=O) groups excluding carboxylic acids is 5. The predicted octanol–water partition coefficient (Wildman–Crippen LogP) is 5.81. The van der Waals surface area contributed by atoms with E-state index in [1.54, 1.807) is 11.9 Å². The first-order chi connectivity index (χ1) is 32.1. The van der Waals surface area contributed by atoms with E-state index in [0.29, 0.717) is 43.8 Å². The summed E-state index contributed by atoms with van der Waals surface area (Å²) in [6.45, 7) is 17.1. The zero-order chi connectivity index (χ0) is 49.4. The Bertz CT molecular complexity index is 2640. The topological polar surface area (TPSA) is 162 Å². The number of fused-ring (bicyclic) bond motifs is 6. The SMILES string of the molecule is CC(C)c1ncccc1-c1c2c3cc(ccc3n1C)-c1csc(n1)C[C@H](NC(=O)[C@H](C(C)C)N(C)C(=O)[C@H]1CCN(C(=O)C#CC(C)(C)N(C)C)C1)C(=O)N1CCC[C@H](N1)C(=O)OCC(C)(C)C2. The van der Waals surface area contributed by atoms with Crippen molar-refractivity contribution in [3.8, 4) is 34.4 Å². The largest absolute Gasteiger partial charge is 0.464 e. The zero-order valence-corrected chi connectivity index (χ0v) is 42.7. The maximum atomic E-state index is 14.7. The number of hydrogen-bond donors (Lipinski definition) is 2. The lowest BCUT2D eigenvalue weighted by Gasteiger charge is -2.36. The van der Waals surface area contributed by atoms with Gasteiger partial charge in [0.05, 0.1) is 40.2 Å². The van der Waals surface area contributed by atoms with Gasteiger partial charge in [0, 0.05) is 79.2 Å². The normalized spacial score (nSPS) is 20.5. The van der Waals surface area contributed by atoms with Crippen molar-refractivity contribution in [3.63, 3.8) is 0 Å². The smallest absolute Gasteiger partial charge is 0.324 e. The highest BCUT2D eigenvalue weighted by Crippen LogP contribution is 2.41. The van der Waals surface area contributed by atoms with Gasteiger partial charge in [0.25, 0.3) is 11.8 Å². The van der Waals surface area contributed by atoms with Crippen molar-refractivity contribution in [3.05, 3.63) is 58.2 Å². The molecule has 2 fully saturated rings. The highest BCUT2D eigenvalue weighted by atomic mass is 32.1. The molecule has 15 nitrogen and oxygen atoms in total. The second-order valence-electron chi connectivity index (χ2n) is 20.9. The summed E-state index contributed by atoms with van der Waals surface area (Å²) in [5.41, 5.74) is 9.12. The monoisotopic (exact) mass is 948 g/mol. The molecule has 0 saturated carbocycles. The van der Waals surface area contributed by atoms with Gasteiger partial charge >= 0.3 is 5.97 Å². The standard InChI is InChI=1S/C52H69N9O6S/c1-31(2)44-35(15-13-22-53-44)46-37-27-51(5,6)30-67-50(66)38-16-14-23-61(56-38)49(65)39(26-42-54-40(29-68-42)33-17-18-41(58(46)11)36(37)25-33)55-47(63)45(32(3)4)59(12)48(64)34-20-24-60(28-34)43(62)19-21-52(7,8)57(9)10/h13,15,17-18,22,25,29,31-32,34,38-39,45,56H,14,16,20,23-24,26-28,30H2,1-12H3,(H,55,63)/t34-,38-,39-,45-/m0/s1. The molecule has 2 N–H and O–H groups in total. The number of aryl methyl sites for hydroxylation is 1. The van der Waals surface area contributed by atoms with Crippen LogP contribution in [-0.4, -0.2) is 135 Å². The van der Waals surface area contributed by atoms with E-state index in [1.807, 2.05) is 64.3 Å². The van der Waals surface area contributed by atoms with E-state index in [4.69, 9.17) is 14.7 Å². The molecule has 3 aromatic heterocycles. The van der Waals surface area contributed by atoms with Crippen LogP contribution >= 0.6 is 11.3 Å². The molecule has 4 aromatic rings. The number of pyridine rings is 1. The molecule has 3 aliphatic rings. The number of carbonyl (C=O) groups is 5. The van der Waals surface area contributed by atoms with Gasteiger partial charge < -0.3 is 24.4 Å². The van der Waals surface area contributed by atoms with Gasteiger partial charge in [0.15, 0.2) is 0 Å². The first-order valence-corrected chi connectivity index (χ1v) is 24.8. The minimum absolute atomic E-state index is 0.0759. The molecule has 6 heterocycles. The lowest BCUT2D eigenvalue weighted by atomic mass is 9.84. The average molecular weight is 948 g/mol. The molecule has 0 radical (unpaired) electrons. The Balaban J connectivity index is 1.20. The maximum Gasteiger partial charge on any atom is 0.324 e. The summed E-state index contributed by atoms with van der Waals surface area (Å²) in [7, 11) is 7.49. The summed E-state index contributed by atoms with van der Waals surface area (Å²) in [6.07, 6.45) is 3.98. The van der Waals surface area contributed by atoms with Gasteiger partial charge in [-0.05, 0) is 101 Å². The van der Waals surface area contributed by atoms with Gasteiger partial charge in [-0.25, -0.2) is 10.4 Å². The third-order valence-corrected chi connectivity index (χ3v) is 14.7. The van der Waals surface area contributed by atoms with Crippen molar-refractivity contribution in [2.75, 3.05) is 47.4 Å². The minimum atomic E-state index is -1.09. The summed E-state index contributed by atoms with van der Waals surface area (Å²) in [5, 5.41) is 8.14. The second kappa shape index (κ2) is 20.1. The molecule has 7 rings (SSSR count). The number of hydrazine groups is 1. The number of esters is 1. The molecule has 0 spiro atoms. The molecule has 3 aliphatic heterocycles. The number of hydrogen-bond acceptors (Lipinski definition) is 11. The van der Waals surface area contributed by atoms with Crippen LogP contribution in [0, 0.1) is 29.1 Å². The van der Waals surface area contributed by atoms with E-state index in [-0.39, 0.29) is 43.2 Å². The van der Waals surface area contributed by atoms with Crippen LogP contribution in [0.4, 0.5) is 0 Å². The molecule has 4 amide bonds. The molecule has 16 heteroatoms. The molecule has 68 heavy (non-hydrogen) atoms. The highest BCUT2D eigenvalue weighted by Gasteiger charge is 2.40. The molecule has 4 atom stereocenters. The van der Waals surface area contributed by atoms with Crippen molar-refractivity contribution >= 4 is 51.8 Å². The first-order valence-electron chi connectivity index (χ1n) is 23.9. The third kappa shape index (κ3) is 10.6.